The van der Waals surface area contributed by atoms with Gasteiger partial charge in [0.2, 0.25) is 0 Å². The van der Waals surface area contributed by atoms with Gasteiger partial charge in [-0.05, 0) is 54.6 Å². The summed E-state index contributed by atoms with van der Waals surface area (Å²) < 4.78 is 21.3. The number of hydrogen-bond acceptors (Lipinski definition) is 6. The van der Waals surface area contributed by atoms with Crippen molar-refractivity contribution < 1.29 is 13.9 Å². The van der Waals surface area contributed by atoms with Crippen LogP contribution in [0.25, 0.3) is 11.8 Å². The van der Waals surface area contributed by atoms with Gasteiger partial charge in [-0.2, -0.15) is 0 Å². The molecule has 0 radical (unpaired) electrons. The molecule has 176 valence electrons. The molecule has 35 heavy (non-hydrogen) atoms. The number of carbonyl (C=O) groups excluding carboxylic acids is 1. The van der Waals surface area contributed by atoms with Gasteiger partial charge in [-0.15, -0.1) is 11.3 Å². The lowest BCUT2D eigenvalue weighted by atomic mass is 9.93. The maximum absolute atomic E-state index is 13.8. The van der Waals surface area contributed by atoms with Gasteiger partial charge in [0.05, 0.1) is 28.5 Å². The summed E-state index contributed by atoms with van der Waals surface area (Å²) in [6.45, 7) is 3.89. The van der Waals surface area contributed by atoms with Crippen molar-refractivity contribution in [3.8, 4) is 0 Å². The number of aryl methyl sites for hydroxylation is 1. The summed E-state index contributed by atoms with van der Waals surface area (Å²) in [5.74, 6) is -0.966. The van der Waals surface area contributed by atoms with Crippen LogP contribution in [0.5, 0.6) is 0 Å². The smallest absolute Gasteiger partial charge is 0.338 e. The molecule has 0 saturated carbocycles. The zero-order valence-corrected chi connectivity index (χ0v) is 20.7. The van der Waals surface area contributed by atoms with Crippen molar-refractivity contribution in [2.75, 3.05) is 6.61 Å². The molecular weight excluding hydrogens is 483 g/mol. The van der Waals surface area contributed by atoms with E-state index in [2.05, 4.69) is 0 Å². The Morgan fingerprint density at radius 2 is 1.89 bits per heavy atom. The van der Waals surface area contributed by atoms with Crippen LogP contribution in [0, 0.1) is 12.7 Å². The number of aromatic nitrogens is 1. The van der Waals surface area contributed by atoms with Gasteiger partial charge < -0.3 is 4.74 Å². The number of ether oxygens (including phenoxy) is 1. The Labute approximate surface area is 208 Å². The van der Waals surface area contributed by atoms with Crippen LogP contribution in [0.2, 0.25) is 0 Å². The van der Waals surface area contributed by atoms with E-state index in [1.165, 1.54) is 28.0 Å². The van der Waals surface area contributed by atoms with E-state index in [1.54, 1.807) is 30.4 Å². The molecular formula is C27H21FN2O3S2. The zero-order valence-electron chi connectivity index (χ0n) is 19.0. The largest absolute Gasteiger partial charge is 0.463 e. The first-order valence-corrected chi connectivity index (χ1v) is 12.8. The molecule has 8 heteroatoms. The Morgan fingerprint density at radius 3 is 2.54 bits per heavy atom. The number of rotatable bonds is 5. The highest BCUT2D eigenvalue weighted by molar-refractivity contribution is 7.11. The minimum absolute atomic E-state index is 0.169. The number of carbonyl (C=O) groups is 1. The highest BCUT2D eigenvalue weighted by Gasteiger charge is 2.35. The average Bonchev–Trinajstić information content (AvgIpc) is 3.41. The van der Waals surface area contributed by atoms with E-state index in [1.807, 2.05) is 54.8 Å². The number of thiazole rings is 1. The second kappa shape index (κ2) is 9.56. The van der Waals surface area contributed by atoms with Crippen LogP contribution >= 0.6 is 22.7 Å². The van der Waals surface area contributed by atoms with Gasteiger partial charge in [-0.25, -0.2) is 14.2 Å². The number of esters is 1. The number of fused-ring (bicyclic) bond motifs is 1. The summed E-state index contributed by atoms with van der Waals surface area (Å²) in [4.78, 5) is 33.3. The molecule has 1 atom stereocenters. The third-order valence-corrected chi connectivity index (χ3v) is 7.67. The van der Waals surface area contributed by atoms with Crippen LogP contribution in [-0.4, -0.2) is 17.1 Å². The lowest BCUT2D eigenvalue weighted by Gasteiger charge is -2.25. The Balaban J connectivity index is 1.85. The first kappa shape index (κ1) is 23.1. The Hall–Kier alpha value is -3.62. The second-order valence-corrected chi connectivity index (χ2v) is 9.91. The van der Waals surface area contributed by atoms with Crippen molar-refractivity contribution in [1.29, 1.82) is 0 Å². The molecule has 1 aliphatic rings. The van der Waals surface area contributed by atoms with E-state index in [0.717, 1.165) is 16.0 Å². The quantitative estimate of drug-likeness (QED) is 0.378. The lowest BCUT2D eigenvalue weighted by Crippen LogP contribution is -2.40. The SMILES string of the molecule is CCOC(=O)C1=C(c2ccccc2)N=c2sc(=Cc3sccc3C)c(=O)n2C1c1ccc(F)cc1. The Kier molecular flexibility index (Phi) is 6.32. The van der Waals surface area contributed by atoms with Crippen LogP contribution in [0.3, 0.4) is 0 Å². The minimum Gasteiger partial charge on any atom is -0.463 e. The molecule has 2 aromatic carbocycles. The molecule has 0 amide bonds. The van der Waals surface area contributed by atoms with Crippen LogP contribution in [0.15, 0.2) is 81.4 Å². The maximum atomic E-state index is 13.8. The van der Waals surface area contributed by atoms with Crippen molar-refractivity contribution in [3.05, 3.63) is 119 Å². The summed E-state index contributed by atoms with van der Waals surface area (Å²) >= 11 is 2.82. The van der Waals surface area contributed by atoms with Gasteiger partial charge in [0.15, 0.2) is 4.80 Å². The van der Waals surface area contributed by atoms with Gasteiger partial charge in [-0.3, -0.25) is 9.36 Å². The lowest BCUT2D eigenvalue weighted by molar-refractivity contribution is -0.138. The summed E-state index contributed by atoms with van der Waals surface area (Å²) in [5.41, 5.74) is 2.83. The Bertz CT molecular complexity index is 1610. The molecule has 0 bridgehead atoms. The number of halogens is 1. The fourth-order valence-corrected chi connectivity index (χ4v) is 5.97. The summed E-state index contributed by atoms with van der Waals surface area (Å²) in [7, 11) is 0. The molecule has 4 aromatic rings. The fourth-order valence-electron chi connectivity index (χ4n) is 4.05. The van der Waals surface area contributed by atoms with Crippen LogP contribution in [-0.2, 0) is 9.53 Å². The van der Waals surface area contributed by atoms with E-state index < -0.39 is 17.8 Å². The molecule has 0 aliphatic carbocycles. The molecule has 1 aliphatic heterocycles. The maximum Gasteiger partial charge on any atom is 0.338 e. The minimum atomic E-state index is -0.812. The third-order valence-electron chi connectivity index (χ3n) is 5.72. The number of thiophene rings is 1. The number of hydrogen-bond donors (Lipinski definition) is 0. The first-order chi connectivity index (χ1) is 17.0. The second-order valence-electron chi connectivity index (χ2n) is 7.95. The first-order valence-electron chi connectivity index (χ1n) is 11.1. The predicted octanol–water partition coefficient (Wildman–Crippen LogP) is 4.44. The van der Waals surface area contributed by atoms with E-state index in [9.17, 15) is 14.0 Å². The topological polar surface area (TPSA) is 60.7 Å². The van der Waals surface area contributed by atoms with Crippen molar-refractivity contribution in [3.63, 3.8) is 0 Å². The number of nitrogens with zero attached hydrogens (tertiary/aromatic N) is 2. The highest BCUT2D eigenvalue weighted by atomic mass is 32.1. The van der Waals surface area contributed by atoms with Crippen molar-refractivity contribution in [2.24, 2.45) is 4.99 Å². The van der Waals surface area contributed by atoms with Crippen molar-refractivity contribution >= 4 is 40.4 Å². The molecule has 5 rings (SSSR count). The van der Waals surface area contributed by atoms with Gasteiger partial charge in [0.1, 0.15) is 5.82 Å². The summed E-state index contributed by atoms with van der Waals surface area (Å²) in [5, 5.41) is 1.98. The zero-order chi connectivity index (χ0) is 24.5. The van der Waals surface area contributed by atoms with Gasteiger partial charge >= 0.3 is 5.97 Å². The van der Waals surface area contributed by atoms with Gasteiger partial charge in [0.25, 0.3) is 5.56 Å². The Morgan fingerprint density at radius 1 is 1.14 bits per heavy atom. The molecule has 0 saturated heterocycles. The molecule has 0 fully saturated rings. The van der Waals surface area contributed by atoms with Gasteiger partial charge in [-0.1, -0.05) is 53.8 Å². The third kappa shape index (κ3) is 4.31. The average molecular weight is 505 g/mol. The van der Waals surface area contributed by atoms with E-state index >= 15 is 0 Å². The van der Waals surface area contributed by atoms with E-state index in [-0.39, 0.29) is 17.7 Å². The molecule has 5 nitrogen and oxygen atoms in total. The van der Waals surface area contributed by atoms with Crippen molar-refractivity contribution in [1.82, 2.24) is 4.57 Å². The molecule has 2 aromatic heterocycles. The summed E-state index contributed by atoms with van der Waals surface area (Å²) in [6.07, 6.45) is 1.86. The van der Waals surface area contributed by atoms with Crippen LogP contribution in [0.1, 0.15) is 34.5 Å². The van der Waals surface area contributed by atoms with Crippen molar-refractivity contribution in [2.45, 2.75) is 19.9 Å². The van der Waals surface area contributed by atoms with E-state index in [0.29, 0.717) is 20.6 Å². The molecule has 0 N–H and O–H groups in total. The normalized spacial score (nSPS) is 15.6. The summed E-state index contributed by atoms with van der Waals surface area (Å²) in [6, 6.07) is 16.4. The fraction of sp³-hybridized carbons (Fsp3) is 0.148. The highest BCUT2D eigenvalue weighted by Crippen LogP contribution is 2.35. The molecule has 1 unspecified atom stereocenters. The monoisotopic (exact) mass is 504 g/mol. The number of benzene rings is 2. The van der Waals surface area contributed by atoms with Gasteiger partial charge in [0, 0.05) is 10.4 Å². The van der Waals surface area contributed by atoms with Crippen LogP contribution in [0.4, 0.5) is 4.39 Å². The standard InChI is InChI=1S/C27H21FN2O3S2/c1-3-33-26(32)22-23(17-7-5-4-6-8-17)29-27-30(24(22)18-9-11-19(28)12-10-18)25(31)21(35-27)15-20-16(2)13-14-34-20/h4-15,24H,3H2,1-2H3. The molecule has 3 heterocycles. The van der Waals surface area contributed by atoms with Crippen LogP contribution < -0.4 is 14.9 Å². The predicted molar refractivity (Wildman–Crippen MR) is 137 cm³/mol. The van der Waals surface area contributed by atoms with E-state index in [4.69, 9.17) is 9.73 Å². The molecule has 0 spiro atoms.